The summed E-state index contributed by atoms with van der Waals surface area (Å²) in [5, 5.41) is 47.5. The quantitative estimate of drug-likeness (QED) is 0.0393. The molecule has 0 saturated carbocycles. The lowest BCUT2D eigenvalue weighted by Gasteiger charge is -2.33. The number of aliphatic hydroxyl groups is 1. The van der Waals surface area contributed by atoms with Crippen LogP contribution in [0.1, 0.15) is 50.6 Å². The van der Waals surface area contributed by atoms with Gasteiger partial charge in [0, 0.05) is 42.9 Å². The highest BCUT2D eigenvalue weighted by Gasteiger charge is 2.31. The number of nitrogens with one attached hydrogen (secondary N) is 1. The van der Waals surface area contributed by atoms with Crippen molar-refractivity contribution < 1.29 is 34.2 Å². The minimum absolute atomic E-state index is 0.00566. The number of aromatic amines is 1. The molecule has 1 amide bonds. The molecule has 98 heavy (non-hydrogen) atoms. The molecule has 9 heterocycles. The van der Waals surface area contributed by atoms with E-state index >= 15 is 0 Å². The van der Waals surface area contributed by atoms with Gasteiger partial charge in [-0.1, -0.05) is 61.2 Å². The zero-order valence-corrected chi connectivity index (χ0v) is 54.4. The number of aliphatic hydroxyl groups excluding tert-OH is 1. The first kappa shape index (κ1) is 66.9. The first-order valence-corrected chi connectivity index (χ1v) is 32.6. The Morgan fingerprint density at radius 1 is 0.510 bits per heavy atom. The number of β-amino-alcohol motifs (C(OH)–C–C–N with tert-alkyl or cyclic N) is 1. The number of nitrogen functional groups attached to an aromatic ring is 3. The maximum Gasteiger partial charge on any atom is 0.376 e. The van der Waals surface area contributed by atoms with E-state index in [9.17, 15) is 14.9 Å². The molecule has 15 rings (SSSR count). The van der Waals surface area contributed by atoms with E-state index in [-0.39, 0.29) is 24.1 Å². The Hall–Kier alpha value is -11.1. The molecule has 10 N–H and O–H groups in total. The fourth-order valence-corrected chi connectivity index (χ4v) is 12.2. The molecule has 3 fully saturated rings. The molecule has 3 saturated heterocycles. The number of hydrogen-bond donors (Lipinski definition) is 7. The summed E-state index contributed by atoms with van der Waals surface area (Å²) in [4.78, 5) is 43.4. The third-order valence-electron chi connectivity index (χ3n) is 17.2. The van der Waals surface area contributed by atoms with Crippen LogP contribution in [0.3, 0.4) is 0 Å². The number of aromatic nitrogens is 12. The van der Waals surface area contributed by atoms with E-state index in [1.165, 1.54) is 25.1 Å². The van der Waals surface area contributed by atoms with Crippen molar-refractivity contribution in [1.82, 2.24) is 74.2 Å². The highest BCUT2D eigenvalue weighted by molar-refractivity contribution is 6.45. The average molecular weight is 1320 g/mol. The molecule has 0 bridgehead atoms. The monoisotopic (exact) mass is 1310 g/mol. The van der Waals surface area contributed by atoms with E-state index in [0.717, 1.165) is 131 Å². The third kappa shape index (κ3) is 15.9. The van der Waals surface area contributed by atoms with Gasteiger partial charge in [0.15, 0.2) is 16.9 Å². The first-order valence-electron chi connectivity index (χ1n) is 32.6. The Kier molecular flexibility index (Phi) is 21.3. The Labute approximate surface area is 566 Å². The molecule has 0 aliphatic carbocycles. The van der Waals surface area contributed by atoms with Gasteiger partial charge >= 0.3 is 14.1 Å². The standard InChI is InChI=1S/C25H24N6O2.C23H25BN6O2.C17H13N5O.C6H14BNO2/c1-2-21(32)30-14-6-7-18(15-30)31-25-22(24(26)27-16-28-25)23(29-31)17-10-12-20(13-11-17)33-19-8-4-3-5-9-19;1-24(31)29-13-5-6-17(14-29)30-23-20(22(25)26-15-27-23)21(28-30)16-9-11-19(12-10-16)32-18-7-3-2-4-8-18;18-16-14-15(21-22-17(14)20-10-19-16)11-6-8-13(9-7-11)23-12-4-2-1-3-5-12;1-7(10)8-4-2-3-6(9)5-8/h2-5,8-13,16,18H,1,6-7,14-15H2,(H2,26,27,28);2-4,7-12,15,17,31H,5-6,13-14H2,1H3,(H2,25,26,27);1-10H,(H3,18,19,20,21,22);6,9-10H,2-5H2,1H3/t18-;17-;;6-/m11.0/s1. The van der Waals surface area contributed by atoms with Crippen molar-refractivity contribution in [1.29, 1.82) is 0 Å². The average Bonchev–Trinajstić information content (AvgIpc) is 1.62. The second-order valence-corrected chi connectivity index (χ2v) is 24.0. The largest absolute Gasteiger partial charge is 0.457 e. The Balaban J connectivity index is 0.000000132. The van der Waals surface area contributed by atoms with Crippen molar-refractivity contribution in [3.63, 3.8) is 0 Å². The van der Waals surface area contributed by atoms with Gasteiger partial charge in [-0.25, -0.2) is 39.3 Å². The molecule has 6 aromatic heterocycles. The van der Waals surface area contributed by atoms with Gasteiger partial charge < -0.3 is 61.1 Å². The van der Waals surface area contributed by atoms with Crippen molar-refractivity contribution in [3.05, 3.63) is 195 Å². The molecule has 3 aliphatic heterocycles. The smallest absolute Gasteiger partial charge is 0.376 e. The van der Waals surface area contributed by atoms with Crippen molar-refractivity contribution in [2.45, 2.75) is 70.4 Å². The van der Waals surface area contributed by atoms with Gasteiger partial charge in [-0.15, -0.1) is 0 Å². The second kappa shape index (κ2) is 31.2. The Morgan fingerprint density at radius 2 is 0.908 bits per heavy atom. The summed E-state index contributed by atoms with van der Waals surface area (Å²) in [6, 6.07) is 52.2. The molecule has 25 nitrogen and oxygen atoms in total. The summed E-state index contributed by atoms with van der Waals surface area (Å²) in [7, 11) is -0.897. The van der Waals surface area contributed by atoms with Crippen LogP contribution in [0.25, 0.3) is 66.9 Å². The number of amides is 1. The molecule has 3 atom stereocenters. The van der Waals surface area contributed by atoms with Crippen LogP contribution in [0.2, 0.25) is 13.6 Å². The van der Waals surface area contributed by atoms with Crippen LogP contribution in [0.5, 0.6) is 34.5 Å². The van der Waals surface area contributed by atoms with Gasteiger partial charge in [-0.2, -0.15) is 15.3 Å². The molecule has 12 aromatic rings. The van der Waals surface area contributed by atoms with Gasteiger partial charge in [0.05, 0.1) is 40.0 Å². The summed E-state index contributed by atoms with van der Waals surface area (Å²) in [5.41, 5.74) is 25.4. The second-order valence-electron chi connectivity index (χ2n) is 24.0. The molecule has 498 valence electrons. The van der Waals surface area contributed by atoms with Gasteiger partial charge in [0.2, 0.25) is 5.91 Å². The molecule has 6 aromatic carbocycles. The normalized spacial score (nSPS) is 16.3. The number of benzene rings is 6. The number of nitrogens with two attached hydrogens (primary N) is 3. The van der Waals surface area contributed by atoms with Gasteiger partial charge in [0.25, 0.3) is 0 Å². The van der Waals surface area contributed by atoms with Crippen molar-refractivity contribution in [2.24, 2.45) is 0 Å². The number of fused-ring (bicyclic) bond motifs is 3. The number of carbonyl (C=O) groups excluding carboxylic acids is 1. The van der Waals surface area contributed by atoms with Crippen LogP contribution in [-0.2, 0) is 4.79 Å². The van der Waals surface area contributed by atoms with Crippen LogP contribution in [0.15, 0.2) is 195 Å². The summed E-state index contributed by atoms with van der Waals surface area (Å²) in [5.74, 6) is 5.70. The van der Waals surface area contributed by atoms with Gasteiger partial charge in [-0.3, -0.25) is 9.89 Å². The van der Waals surface area contributed by atoms with Gasteiger partial charge in [0.1, 0.15) is 82.3 Å². The number of carbonyl (C=O) groups is 1. The molecule has 0 unspecified atom stereocenters. The van der Waals surface area contributed by atoms with Crippen molar-refractivity contribution in [2.75, 3.05) is 56.5 Å². The maximum atomic E-state index is 12.2. The lowest BCUT2D eigenvalue weighted by atomic mass is 9.82. The predicted octanol–water partition coefficient (Wildman–Crippen LogP) is 10.8. The van der Waals surface area contributed by atoms with E-state index in [1.807, 2.05) is 178 Å². The van der Waals surface area contributed by atoms with Gasteiger partial charge in [-0.05, 0) is 181 Å². The highest BCUT2D eigenvalue weighted by atomic mass is 16.5. The number of para-hydroxylation sites is 3. The molecule has 27 heteroatoms. The zero-order valence-electron chi connectivity index (χ0n) is 54.4. The number of piperidine rings is 3. The van der Waals surface area contributed by atoms with E-state index in [4.69, 9.17) is 46.6 Å². The van der Waals surface area contributed by atoms with Crippen LogP contribution < -0.4 is 31.4 Å². The summed E-state index contributed by atoms with van der Waals surface area (Å²) in [6.45, 7) is 11.5. The summed E-state index contributed by atoms with van der Waals surface area (Å²) < 4.78 is 21.4. The maximum absolute atomic E-state index is 12.2. The number of hydrogen-bond acceptors (Lipinski definition) is 21. The van der Waals surface area contributed by atoms with E-state index < -0.39 is 14.1 Å². The third-order valence-corrected chi connectivity index (χ3v) is 17.2. The molecule has 0 radical (unpaired) electrons. The Bertz CT molecular complexity index is 4610. The minimum Gasteiger partial charge on any atom is -0.457 e. The highest BCUT2D eigenvalue weighted by Crippen LogP contribution is 2.38. The fraction of sp³-hybridized carbons (Fsp3) is 0.239. The number of H-pyrrole nitrogens is 1. The lowest BCUT2D eigenvalue weighted by molar-refractivity contribution is -0.127. The van der Waals surface area contributed by atoms with E-state index in [1.54, 1.807) is 18.5 Å². The summed E-state index contributed by atoms with van der Waals surface area (Å²) in [6.07, 6.45) is 11.0. The van der Waals surface area contributed by atoms with Crippen LogP contribution in [-0.4, -0.2) is 155 Å². The minimum atomic E-state index is -0.490. The molecule has 0 spiro atoms. The first-order chi connectivity index (χ1) is 47.7. The number of anilines is 3. The van der Waals surface area contributed by atoms with Crippen LogP contribution >= 0.6 is 0 Å². The number of rotatable bonds is 14. The predicted molar refractivity (Wildman–Crippen MR) is 381 cm³/mol. The van der Waals surface area contributed by atoms with Crippen LogP contribution in [0, 0.1) is 0 Å². The molecule has 3 aliphatic rings. The molecular formula is C71H76B2N18O7. The topological polar surface area (TPSA) is 335 Å². The van der Waals surface area contributed by atoms with Crippen molar-refractivity contribution >= 4 is 70.6 Å². The van der Waals surface area contributed by atoms with Crippen molar-refractivity contribution in [3.8, 4) is 68.3 Å². The zero-order chi connectivity index (χ0) is 68.1. The number of nitrogens with zero attached hydrogens (tertiary/aromatic N) is 14. The van der Waals surface area contributed by atoms with Crippen LogP contribution in [0.4, 0.5) is 17.5 Å². The summed E-state index contributed by atoms with van der Waals surface area (Å²) >= 11 is 0. The van der Waals surface area contributed by atoms with E-state index in [2.05, 4.69) is 51.5 Å². The fourth-order valence-electron chi connectivity index (χ4n) is 12.2. The Morgan fingerprint density at radius 3 is 1.35 bits per heavy atom. The number of ether oxygens (including phenoxy) is 3. The molecular weight excluding hydrogens is 1240 g/mol. The van der Waals surface area contributed by atoms with E-state index in [0.29, 0.717) is 66.0 Å². The lowest BCUT2D eigenvalue weighted by Crippen LogP contribution is -2.46. The SMILES string of the molecule is C=CC(=O)N1CCC[C@@H](n2nc(-c3ccc(Oc4ccccc4)cc3)c3c(N)ncnc32)C1.CB(O)N1CCC[C@@H](n2nc(-c3ccc(Oc4ccccc4)cc3)c3c(N)ncnc32)C1.CB(O)N1CCC[C@H](O)C1.Nc1ncnc2n[nH]c(-c3ccc(Oc4ccccc4)cc3)c12. The number of likely N-dealkylation sites (tertiary alicyclic amines) is 1.